The van der Waals surface area contributed by atoms with E-state index < -0.39 is 10.0 Å². The van der Waals surface area contributed by atoms with Crippen molar-refractivity contribution in [2.24, 2.45) is 0 Å². The zero-order chi connectivity index (χ0) is 22.3. The Kier molecular flexibility index (Phi) is 8.55. The van der Waals surface area contributed by atoms with Crippen LogP contribution < -0.4 is 5.32 Å². The monoisotopic (exact) mass is 480 g/mol. The van der Waals surface area contributed by atoms with Crippen molar-refractivity contribution < 1.29 is 13.2 Å². The number of hydrogen-bond acceptors (Lipinski definition) is 3. The summed E-state index contributed by atoms with van der Waals surface area (Å²) >= 11 is 12.0. The number of halogens is 2. The molecule has 31 heavy (non-hydrogen) atoms. The fourth-order valence-corrected chi connectivity index (χ4v) is 5.25. The Bertz CT molecular complexity index is 1040. The van der Waals surface area contributed by atoms with E-state index in [9.17, 15) is 13.2 Å². The first kappa shape index (κ1) is 23.8. The molecular weight excluding hydrogens is 455 g/mol. The van der Waals surface area contributed by atoms with E-state index in [-0.39, 0.29) is 23.9 Å². The van der Waals surface area contributed by atoms with Crippen molar-refractivity contribution in [3.8, 4) is 0 Å². The van der Waals surface area contributed by atoms with Crippen LogP contribution in [0.2, 0.25) is 10.0 Å². The number of sulfonamides is 1. The third kappa shape index (κ3) is 7.07. The number of allylic oxidation sites excluding steroid dienone is 1. The lowest BCUT2D eigenvalue weighted by Gasteiger charge is -2.22. The van der Waals surface area contributed by atoms with Gasteiger partial charge in [-0.1, -0.05) is 47.0 Å². The second kappa shape index (κ2) is 11.1. The van der Waals surface area contributed by atoms with Crippen LogP contribution in [-0.4, -0.2) is 31.7 Å². The molecule has 0 aliphatic heterocycles. The number of carbonyl (C=O) groups excluding carboxylic acids is 1. The molecule has 0 unspecified atom stereocenters. The molecule has 166 valence electrons. The Balaban J connectivity index is 1.72. The van der Waals surface area contributed by atoms with Gasteiger partial charge in [-0.15, -0.1) is 0 Å². The highest BCUT2D eigenvalue weighted by Gasteiger charge is 2.27. The summed E-state index contributed by atoms with van der Waals surface area (Å²) in [5.74, 6) is -0.337. The van der Waals surface area contributed by atoms with Crippen molar-refractivity contribution in [2.45, 2.75) is 43.5 Å². The lowest BCUT2D eigenvalue weighted by molar-refractivity contribution is -0.121. The minimum atomic E-state index is -3.91. The number of rotatable bonds is 9. The molecule has 8 heteroatoms. The average Bonchev–Trinajstić information content (AvgIpc) is 2.74. The molecule has 5 nitrogen and oxygen atoms in total. The minimum Gasteiger partial charge on any atom is -0.355 e. The number of benzene rings is 2. The van der Waals surface area contributed by atoms with Gasteiger partial charge in [0.25, 0.3) is 0 Å². The van der Waals surface area contributed by atoms with Crippen LogP contribution in [0.15, 0.2) is 65.1 Å². The lowest BCUT2D eigenvalue weighted by Crippen LogP contribution is -2.40. The van der Waals surface area contributed by atoms with Crippen LogP contribution in [0.1, 0.15) is 37.7 Å². The van der Waals surface area contributed by atoms with Crippen LogP contribution in [-0.2, 0) is 21.4 Å². The van der Waals surface area contributed by atoms with Crippen molar-refractivity contribution in [2.75, 3.05) is 13.1 Å². The fourth-order valence-electron chi connectivity index (χ4n) is 3.53. The Morgan fingerprint density at radius 2 is 1.81 bits per heavy atom. The van der Waals surface area contributed by atoms with Crippen molar-refractivity contribution in [3.05, 3.63) is 75.8 Å². The van der Waals surface area contributed by atoms with E-state index in [1.807, 2.05) is 0 Å². The quantitative estimate of drug-likeness (QED) is 0.502. The summed E-state index contributed by atoms with van der Waals surface area (Å²) in [7, 11) is -3.91. The number of carbonyl (C=O) groups is 1. The molecule has 1 aliphatic rings. The first-order valence-electron chi connectivity index (χ1n) is 10.3. The molecule has 0 radical (unpaired) electrons. The van der Waals surface area contributed by atoms with Gasteiger partial charge in [-0.25, -0.2) is 8.42 Å². The molecule has 1 aliphatic carbocycles. The van der Waals surface area contributed by atoms with Gasteiger partial charge in [0.15, 0.2) is 0 Å². The van der Waals surface area contributed by atoms with E-state index in [4.69, 9.17) is 23.2 Å². The van der Waals surface area contributed by atoms with Crippen LogP contribution in [0.4, 0.5) is 0 Å². The molecule has 1 N–H and O–H groups in total. The molecule has 3 rings (SSSR count). The highest BCUT2D eigenvalue weighted by Crippen LogP contribution is 2.22. The molecule has 0 heterocycles. The third-order valence-electron chi connectivity index (χ3n) is 5.17. The Labute approximate surface area is 194 Å². The first-order chi connectivity index (χ1) is 14.8. The largest absolute Gasteiger partial charge is 0.355 e. The van der Waals surface area contributed by atoms with Gasteiger partial charge in [0.2, 0.25) is 15.9 Å². The number of nitrogens with zero attached hydrogens (tertiary/aromatic N) is 1. The molecule has 0 spiro atoms. The van der Waals surface area contributed by atoms with Gasteiger partial charge in [-0.3, -0.25) is 4.79 Å². The molecule has 0 bridgehead atoms. The third-order valence-corrected chi connectivity index (χ3v) is 7.47. The Morgan fingerprint density at radius 1 is 1.03 bits per heavy atom. The SMILES string of the molecule is O=C(CN(Cc1cccc(Cl)c1)S(=O)(=O)c1ccc(Cl)cc1)NCCC1=CCCCC1. The predicted molar refractivity (Wildman–Crippen MR) is 125 cm³/mol. The maximum Gasteiger partial charge on any atom is 0.243 e. The van der Waals surface area contributed by atoms with Gasteiger partial charge in [0.1, 0.15) is 0 Å². The number of hydrogen-bond donors (Lipinski definition) is 1. The summed E-state index contributed by atoms with van der Waals surface area (Å²) in [5, 5.41) is 3.80. The number of amides is 1. The Morgan fingerprint density at radius 3 is 2.48 bits per heavy atom. The van der Waals surface area contributed by atoms with Gasteiger partial charge in [-0.2, -0.15) is 4.31 Å². The fraction of sp³-hybridized carbons (Fsp3) is 0.348. The van der Waals surface area contributed by atoms with E-state index in [1.165, 1.54) is 42.7 Å². The van der Waals surface area contributed by atoms with Crippen molar-refractivity contribution in [1.29, 1.82) is 0 Å². The first-order valence-corrected chi connectivity index (χ1v) is 12.5. The van der Waals surface area contributed by atoms with Crippen LogP contribution in [0.3, 0.4) is 0 Å². The molecular formula is C23H26Cl2N2O3S. The highest BCUT2D eigenvalue weighted by molar-refractivity contribution is 7.89. The van der Waals surface area contributed by atoms with E-state index in [0.717, 1.165) is 23.6 Å². The molecule has 1 amide bonds. The topological polar surface area (TPSA) is 66.5 Å². The zero-order valence-electron chi connectivity index (χ0n) is 17.2. The normalized spacial score (nSPS) is 14.4. The average molecular weight is 481 g/mol. The van der Waals surface area contributed by atoms with Gasteiger partial charge >= 0.3 is 0 Å². The standard InChI is InChI=1S/C23H26Cl2N2O3S/c24-20-9-11-22(12-10-20)31(29,30)27(16-19-7-4-8-21(25)15-19)17-23(28)26-14-13-18-5-2-1-3-6-18/h4-5,7-12,15H,1-3,6,13-14,16-17H2,(H,26,28). The van der Waals surface area contributed by atoms with E-state index >= 15 is 0 Å². The van der Waals surface area contributed by atoms with E-state index in [1.54, 1.807) is 24.3 Å². The predicted octanol–water partition coefficient (Wildman–Crippen LogP) is 5.19. The summed E-state index contributed by atoms with van der Waals surface area (Å²) in [4.78, 5) is 12.7. The molecule has 0 aromatic heterocycles. The van der Waals surface area contributed by atoms with Crippen LogP contribution in [0.5, 0.6) is 0 Å². The lowest BCUT2D eigenvalue weighted by atomic mass is 9.97. The molecule has 2 aromatic carbocycles. The molecule has 0 saturated heterocycles. The van der Waals surface area contributed by atoms with Crippen LogP contribution >= 0.6 is 23.2 Å². The van der Waals surface area contributed by atoms with Crippen molar-refractivity contribution in [1.82, 2.24) is 9.62 Å². The van der Waals surface area contributed by atoms with E-state index in [2.05, 4.69) is 11.4 Å². The van der Waals surface area contributed by atoms with Crippen molar-refractivity contribution in [3.63, 3.8) is 0 Å². The summed E-state index contributed by atoms with van der Waals surface area (Å²) in [6.45, 7) is 0.247. The summed E-state index contributed by atoms with van der Waals surface area (Å²) in [6, 6.07) is 12.9. The second-order valence-corrected chi connectivity index (χ2v) is 10.4. The van der Waals surface area contributed by atoms with Gasteiger partial charge in [0, 0.05) is 23.1 Å². The smallest absolute Gasteiger partial charge is 0.243 e. The van der Waals surface area contributed by atoms with Crippen LogP contribution in [0, 0.1) is 0 Å². The maximum absolute atomic E-state index is 13.3. The van der Waals surface area contributed by atoms with Gasteiger partial charge in [-0.05, 0) is 74.1 Å². The number of nitrogens with one attached hydrogen (secondary N) is 1. The summed E-state index contributed by atoms with van der Waals surface area (Å²) in [5.41, 5.74) is 2.06. The minimum absolute atomic E-state index is 0.0318. The Hall–Kier alpha value is -1.86. The highest BCUT2D eigenvalue weighted by atomic mass is 35.5. The molecule has 0 atom stereocenters. The molecule has 0 fully saturated rings. The maximum atomic E-state index is 13.3. The zero-order valence-corrected chi connectivity index (χ0v) is 19.5. The van der Waals surface area contributed by atoms with Gasteiger partial charge in [0.05, 0.1) is 11.4 Å². The van der Waals surface area contributed by atoms with Crippen LogP contribution in [0.25, 0.3) is 0 Å². The van der Waals surface area contributed by atoms with Gasteiger partial charge < -0.3 is 5.32 Å². The summed E-state index contributed by atoms with van der Waals surface area (Å²) in [6.07, 6.45) is 7.61. The second-order valence-electron chi connectivity index (χ2n) is 7.57. The van der Waals surface area contributed by atoms with Crippen molar-refractivity contribution >= 4 is 39.1 Å². The molecule has 2 aromatic rings. The van der Waals surface area contributed by atoms with E-state index in [0.29, 0.717) is 22.2 Å². The molecule has 0 saturated carbocycles. The summed E-state index contributed by atoms with van der Waals surface area (Å²) < 4.78 is 27.7.